The van der Waals surface area contributed by atoms with E-state index in [0.29, 0.717) is 23.6 Å². The standard InChI is InChI=1S/C12H17NO5/c1-3-17-12(16)7-4-8(13-6(7)2)11-10(15)9(14)5-18-11/h4,9-11,13-15H,3,5H2,1-2H3/t9-,10-,11+/m1/s1. The van der Waals surface area contributed by atoms with Gasteiger partial charge in [-0.1, -0.05) is 0 Å². The molecular formula is C12H17NO5. The number of hydrogen-bond donors (Lipinski definition) is 3. The number of carbonyl (C=O) groups excluding carboxylic acids is 1. The van der Waals surface area contributed by atoms with Crippen LogP contribution in [0.2, 0.25) is 0 Å². The molecule has 0 spiro atoms. The second kappa shape index (κ2) is 5.09. The zero-order valence-electron chi connectivity index (χ0n) is 10.3. The predicted octanol–water partition coefficient (Wildman–Crippen LogP) is 0.293. The van der Waals surface area contributed by atoms with Crippen LogP contribution >= 0.6 is 0 Å². The van der Waals surface area contributed by atoms with Gasteiger partial charge in [0.05, 0.1) is 18.8 Å². The summed E-state index contributed by atoms with van der Waals surface area (Å²) in [6, 6.07) is 1.60. The number of carbonyl (C=O) groups is 1. The maximum absolute atomic E-state index is 11.6. The van der Waals surface area contributed by atoms with Crippen molar-refractivity contribution in [1.82, 2.24) is 4.98 Å². The molecule has 0 saturated carbocycles. The maximum atomic E-state index is 11.6. The number of ether oxygens (including phenoxy) is 2. The Morgan fingerprint density at radius 3 is 2.89 bits per heavy atom. The quantitative estimate of drug-likeness (QED) is 0.675. The summed E-state index contributed by atoms with van der Waals surface area (Å²) in [5.74, 6) is -0.412. The van der Waals surface area contributed by atoms with Crippen LogP contribution in [0.5, 0.6) is 0 Å². The third-order valence-electron chi connectivity index (χ3n) is 2.99. The van der Waals surface area contributed by atoms with E-state index in [-0.39, 0.29) is 6.61 Å². The Morgan fingerprint density at radius 1 is 1.61 bits per heavy atom. The van der Waals surface area contributed by atoms with E-state index in [1.807, 2.05) is 0 Å². The van der Waals surface area contributed by atoms with E-state index < -0.39 is 24.3 Å². The molecule has 1 fully saturated rings. The number of aryl methyl sites for hydroxylation is 1. The zero-order valence-corrected chi connectivity index (χ0v) is 10.3. The molecule has 1 aliphatic heterocycles. The van der Waals surface area contributed by atoms with Crippen LogP contribution in [0, 0.1) is 6.92 Å². The van der Waals surface area contributed by atoms with Crippen LogP contribution in [-0.4, -0.2) is 46.6 Å². The lowest BCUT2D eigenvalue weighted by atomic mass is 10.1. The molecule has 1 aromatic heterocycles. The highest BCUT2D eigenvalue weighted by Gasteiger charge is 2.37. The van der Waals surface area contributed by atoms with Gasteiger partial charge in [-0.25, -0.2) is 4.79 Å². The van der Waals surface area contributed by atoms with Crippen LogP contribution in [0.1, 0.15) is 34.8 Å². The summed E-state index contributed by atoms with van der Waals surface area (Å²) in [6.45, 7) is 3.87. The van der Waals surface area contributed by atoms with Gasteiger partial charge in [-0.15, -0.1) is 0 Å². The van der Waals surface area contributed by atoms with E-state index in [4.69, 9.17) is 9.47 Å². The topological polar surface area (TPSA) is 91.8 Å². The van der Waals surface area contributed by atoms with Crippen molar-refractivity contribution in [3.05, 3.63) is 23.0 Å². The molecule has 2 heterocycles. The van der Waals surface area contributed by atoms with Crippen LogP contribution in [-0.2, 0) is 9.47 Å². The smallest absolute Gasteiger partial charge is 0.339 e. The number of nitrogens with one attached hydrogen (secondary N) is 1. The Labute approximate surface area is 105 Å². The summed E-state index contributed by atoms with van der Waals surface area (Å²) in [7, 11) is 0. The third kappa shape index (κ3) is 2.27. The van der Waals surface area contributed by atoms with E-state index in [2.05, 4.69) is 4.98 Å². The fourth-order valence-electron chi connectivity index (χ4n) is 2.03. The van der Waals surface area contributed by atoms with Crippen LogP contribution in [0.25, 0.3) is 0 Å². The highest BCUT2D eigenvalue weighted by atomic mass is 16.5. The van der Waals surface area contributed by atoms with Gasteiger partial charge >= 0.3 is 5.97 Å². The van der Waals surface area contributed by atoms with Gasteiger partial charge in [-0.05, 0) is 19.9 Å². The molecule has 0 radical (unpaired) electrons. The normalized spacial score (nSPS) is 27.4. The van der Waals surface area contributed by atoms with Gasteiger partial charge in [0.25, 0.3) is 0 Å². The summed E-state index contributed by atoms with van der Waals surface area (Å²) in [5, 5.41) is 19.2. The van der Waals surface area contributed by atoms with Crippen molar-refractivity contribution < 1.29 is 24.5 Å². The van der Waals surface area contributed by atoms with Gasteiger partial charge in [0.1, 0.15) is 18.3 Å². The lowest BCUT2D eigenvalue weighted by molar-refractivity contribution is 0.0207. The second-order valence-corrected chi connectivity index (χ2v) is 4.30. The van der Waals surface area contributed by atoms with Crippen molar-refractivity contribution in [2.75, 3.05) is 13.2 Å². The first-order chi connectivity index (χ1) is 8.54. The van der Waals surface area contributed by atoms with Crippen molar-refractivity contribution in [1.29, 1.82) is 0 Å². The molecule has 0 aliphatic carbocycles. The molecule has 0 amide bonds. The van der Waals surface area contributed by atoms with Gasteiger partial charge in [0.15, 0.2) is 0 Å². The second-order valence-electron chi connectivity index (χ2n) is 4.30. The molecule has 6 nitrogen and oxygen atoms in total. The summed E-state index contributed by atoms with van der Waals surface area (Å²) in [4.78, 5) is 14.6. The van der Waals surface area contributed by atoms with Crippen molar-refractivity contribution >= 4 is 5.97 Å². The monoisotopic (exact) mass is 255 g/mol. The van der Waals surface area contributed by atoms with Crippen molar-refractivity contribution in [2.24, 2.45) is 0 Å². The van der Waals surface area contributed by atoms with Crippen molar-refractivity contribution in [3.8, 4) is 0 Å². The molecule has 3 atom stereocenters. The van der Waals surface area contributed by atoms with Crippen LogP contribution in [0.4, 0.5) is 0 Å². The summed E-state index contributed by atoms with van der Waals surface area (Å²) >= 11 is 0. The Balaban J connectivity index is 2.21. The number of aromatic nitrogens is 1. The number of esters is 1. The molecule has 6 heteroatoms. The zero-order chi connectivity index (χ0) is 13.3. The molecule has 1 aromatic rings. The molecule has 100 valence electrons. The minimum absolute atomic E-state index is 0.0820. The van der Waals surface area contributed by atoms with Crippen LogP contribution in [0.15, 0.2) is 6.07 Å². The molecule has 1 aliphatic rings. The van der Waals surface area contributed by atoms with Crippen molar-refractivity contribution in [3.63, 3.8) is 0 Å². The van der Waals surface area contributed by atoms with Gasteiger partial charge in [0.2, 0.25) is 0 Å². The largest absolute Gasteiger partial charge is 0.462 e. The third-order valence-corrected chi connectivity index (χ3v) is 2.99. The summed E-state index contributed by atoms with van der Waals surface area (Å²) in [6.07, 6.45) is -2.52. The molecule has 0 aromatic carbocycles. The number of aliphatic hydroxyl groups excluding tert-OH is 2. The number of aliphatic hydroxyl groups is 2. The van der Waals surface area contributed by atoms with Gasteiger partial charge < -0.3 is 24.7 Å². The Morgan fingerprint density at radius 2 is 2.33 bits per heavy atom. The number of aromatic amines is 1. The number of H-pyrrole nitrogens is 1. The highest BCUT2D eigenvalue weighted by molar-refractivity contribution is 5.91. The molecule has 2 rings (SSSR count). The Kier molecular flexibility index (Phi) is 3.70. The minimum atomic E-state index is -0.988. The highest BCUT2D eigenvalue weighted by Crippen LogP contribution is 2.30. The molecule has 1 saturated heterocycles. The molecule has 3 N–H and O–H groups in total. The van der Waals surface area contributed by atoms with E-state index in [1.165, 1.54) is 0 Å². The van der Waals surface area contributed by atoms with Gasteiger partial charge in [-0.2, -0.15) is 0 Å². The number of rotatable bonds is 3. The Bertz CT molecular complexity index is 442. The lowest BCUT2D eigenvalue weighted by Gasteiger charge is -2.12. The van der Waals surface area contributed by atoms with Crippen LogP contribution < -0.4 is 0 Å². The van der Waals surface area contributed by atoms with Crippen LogP contribution in [0.3, 0.4) is 0 Å². The molecule has 0 bridgehead atoms. The maximum Gasteiger partial charge on any atom is 0.339 e. The summed E-state index contributed by atoms with van der Waals surface area (Å²) in [5.41, 5.74) is 1.64. The minimum Gasteiger partial charge on any atom is -0.462 e. The molecular weight excluding hydrogens is 238 g/mol. The van der Waals surface area contributed by atoms with E-state index >= 15 is 0 Å². The fraction of sp³-hybridized carbons (Fsp3) is 0.583. The van der Waals surface area contributed by atoms with Crippen molar-refractivity contribution in [2.45, 2.75) is 32.2 Å². The molecule has 0 unspecified atom stereocenters. The van der Waals surface area contributed by atoms with E-state index in [1.54, 1.807) is 19.9 Å². The SMILES string of the molecule is CCOC(=O)c1cc([C@@H]2OC[C@@H](O)[C@H]2O)[nH]c1C. The lowest BCUT2D eigenvalue weighted by Crippen LogP contribution is -2.25. The molecule has 18 heavy (non-hydrogen) atoms. The Hall–Kier alpha value is -1.37. The first-order valence-corrected chi connectivity index (χ1v) is 5.89. The van der Waals surface area contributed by atoms with E-state index in [9.17, 15) is 15.0 Å². The first-order valence-electron chi connectivity index (χ1n) is 5.89. The average Bonchev–Trinajstić information content (AvgIpc) is 2.85. The number of hydrogen-bond acceptors (Lipinski definition) is 5. The average molecular weight is 255 g/mol. The van der Waals surface area contributed by atoms with Gasteiger partial charge in [0, 0.05) is 11.4 Å². The van der Waals surface area contributed by atoms with E-state index in [0.717, 1.165) is 0 Å². The first kappa shape index (κ1) is 13.1. The van der Waals surface area contributed by atoms with Gasteiger partial charge in [-0.3, -0.25) is 0 Å². The summed E-state index contributed by atoms with van der Waals surface area (Å²) < 4.78 is 10.2. The predicted molar refractivity (Wildman–Crippen MR) is 62.2 cm³/mol. The fourth-order valence-corrected chi connectivity index (χ4v) is 2.03.